The van der Waals surface area contributed by atoms with Crippen LogP contribution in [-0.4, -0.2) is 20.7 Å². The summed E-state index contributed by atoms with van der Waals surface area (Å²) in [6, 6.07) is 7.60. The van der Waals surface area contributed by atoms with Crippen LogP contribution in [0.3, 0.4) is 0 Å². The first-order chi connectivity index (χ1) is 8.99. The van der Waals surface area contributed by atoms with E-state index in [9.17, 15) is 19.1 Å². The highest BCUT2D eigenvalue weighted by atomic mass is 19.1. The normalized spacial score (nSPS) is 10.4. The summed E-state index contributed by atoms with van der Waals surface area (Å²) in [5, 5.41) is 18.2. The summed E-state index contributed by atoms with van der Waals surface area (Å²) in [4.78, 5) is 22.7. The number of aromatic carboxylic acids is 1. The maximum Gasteiger partial charge on any atom is 0.352 e. The summed E-state index contributed by atoms with van der Waals surface area (Å²) in [5.41, 5.74) is -0.910. The summed E-state index contributed by atoms with van der Waals surface area (Å²) in [6.45, 7) is -0.215. The molecule has 2 aromatic rings. The summed E-state index contributed by atoms with van der Waals surface area (Å²) >= 11 is 0. The number of carbonyl (C=O) groups is 1. The van der Waals surface area contributed by atoms with Gasteiger partial charge in [-0.05, 0) is 6.07 Å². The van der Waals surface area contributed by atoms with E-state index in [1.54, 1.807) is 6.07 Å². The van der Waals surface area contributed by atoms with Crippen molar-refractivity contribution in [3.8, 4) is 5.75 Å². The number of hydrogen-bond acceptors (Lipinski definition) is 3. The Morgan fingerprint density at radius 1 is 1.26 bits per heavy atom. The first-order valence-corrected chi connectivity index (χ1v) is 5.39. The van der Waals surface area contributed by atoms with Gasteiger partial charge in [-0.1, -0.05) is 18.2 Å². The molecule has 0 aliphatic carbocycles. The van der Waals surface area contributed by atoms with E-state index in [0.717, 1.165) is 16.7 Å². The number of aromatic hydroxyl groups is 1. The molecule has 0 spiro atoms. The average Bonchev–Trinajstić information content (AvgIpc) is 2.34. The van der Waals surface area contributed by atoms with Crippen molar-refractivity contribution >= 4 is 5.97 Å². The van der Waals surface area contributed by atoms with E-state index in [1.807, 2.05) is 0 Å². The van der Waals surface area contributed by atoms with Gasteiger partial charge in [-0.15, -0.1) is 0 Å². The number of halogens is 1. The number of pyridine rings is 1. The van der Waals surface area contributed by atoms with Crippen LogP contribution in [-0.2, 0) is 6.54 Å². The van der Waals surface area contributed by atoms with Crippen LogP contribution in [0.5, 0.6) is 5.75 Å². The van der Waals surface area contributed by atoms with E-state index in [-0.39, 0.29) is 12.1 Å². The maximum atomic E-state index is 13.5. The number of aromatic nitrogens is 1. The lowest BCUT2D eigenvalue weighted by Crippen LogP contribution is -2.26. The van der Waals surface area contributed by atoms with Gasteiger partial charge in [0, 0.05) is 17.7 Å². The topological polar surface area (TPSA) is 79.5 Å². The van der Waals surface area contributed by atoms with Gasteiger partial charge >= 0.3 is 5.97 Å². The molecule has 0 saturated carbocycles. The predicted octanol–water partition coefficient (Wildman–Crippen LogP) is 1.44. The molecule has 2 rings (SSSR count). The summed E-state index contributed by atoms with van der Waals surface area (Å²) < 4.78 is 14.4. The van der Waals surface area contributed by atoms with Gasteiger partial charge in [0.15, 0.2) is 0 Å². The van der Waals surface area contributed by atoms with E-state index >= 15 is 0 Å². The molecule has 19 heavy (non-hydrogen) atoms. The molecule has 0 amide bonds. The van der Waals surface area contributed by atoms with E-state index < -0.39 is 28.8 Å². The van der Waals surface area contributed by atoms with E-state index in [2.05, 4.69) is 0 Å². The van der Waals surface area contributed by atoms with Crippen LogP contribution in [0, 0.1) is 5.82 Å². The molecule has 0 aliphatic heterocycles. The van der Waals surface area contributed by atoms with Crippen molar-refractivity contribution in [2.75, 3.05) is 0 Å². The summed E-state index contributed by atoms with van der Waals surface area (Å²) in [5.74, 6) is -2.34. The number of rotatable bonds is 3. The molecule has 98 valence electrons. The van der Waals surface area contributed by atoms with Gasteiger partial charge in [-0.2, -0.15) is 0 Å². The molecule has 0 unspecified atom stereocenters. The molecule has 1 heterocycles. The van der Waals surface area contributed by atoms with Crippen molar-refractivity contribution < 1.29 is 19.4 Å². The Balaban J connectivity index is 2.54. The minimum atomic E-state index is -1.37. The Hall–Kier alpha value is -2.63. The second kappa shape index (κ2) is 4.93. The lowest BCUT2D eigenvalue weighted by Gasteiger charge is -2.10. The molecular weight excluding hydrogens is 253 g/mol. The molecule has 1 aromatic heterocycles. The zero-order chi connectivity index (χ0) is 14.0. The SMILES string of the molecule is O=C(O)c1cc(O)cc(=O)n1Cc1ccccc1F. The fourth-order valence-corrected chi connectivity index (χ4v) is 1.72. The lowest BCUT2D eigenvalue weighted by atomic mass is 10.2. The third-order valence-electron chi connectivity index (χ3n) is 2.62. The van der Waals surface area contributed by atoms with Crippen LogP contribution in [0.4, 0.5) is 4.39 Å². The van der Waals surface area contributed by atoms with Crippen LogP contribution in [0.25, 0.3) is 0 Å². The molecule has 6 heteroatoms. The number of benzene rings is 1. The molecule has 2 N–H and O–H groups in total. The van der Waals surface area contributed by atoms with Gasteiger partial charge in [0.1, 0.15) is 17.3 Å². The van der Waals surface area contributed by atoms with E-state index in [1.165, 1.54) is 18.2 Å². The average molecular weight is 263 g/mol. The first-order valence-electron chi connectivity index (χ1n) is 5.39. The minimum Gasteiger partial charge on any atom is -0.508 e. The van der Waals surface area contributed by atoms with Crippen molar-refractivity contribution in [1.29, 1.82) is 0 Å². The lowest BCUT2D eigenvalue weighted by molar-refractivity contribution is 0.0683. The standard InChI is InChI=1S/C13H10FNO4/c14-10-4-2-1-3-8(10)7-15-11(13(18)19)5-9(16)6-12(15)17/h1-6,16H,7H2,(H,18,19). The Labute approximate surface area is 107 Å². The van der Waals surface area contributed by atoms with Crippen molar-refractivity contribution in [2.24, 2.45) is 0 Å². The molecule has 0 radical (unpaired) electrons. The highest BCUT2D eigenvalue weighted by molar-refractivity contribution is 5.86. The van der Waals surface area contributed by atoms with Crippen molar-refractivity contribution in [2.45, 2.75) is 6.54 Å². The van der Waals surface area contributed by atoms with Gasteiger partial charge in [-0.25, -0.2) is 9.18 Å². The number of nitrogens with zero attached hydrogens (tertiary/aromatic N) is 1. The second-order valence-corrected chi connectivity index (χ2v) is 3.92. The minimum absolute atomic E-state index is 0.192. The molecular formula is C13H10FNO4. The molecule has 5 nitrogen and oxygen atoms in total. The third-order valence-corrected chi connectivity index (χ3v) is 2.62. The Bertz CT molecular complexity index is 693. The smallest absolute Gasteiger partial charge is 0.352 e. The van der Waals surface area contributed by atoms with Gasteiger partial charge < -0.3 is 10.2 Å². The zero-order valence-electron chi connectivity index (χ0n) is 9.71. The molecule has 0 aliphatic rings. The number of carboxylic acids is 1. The third kappa shape index (κ3) is 2.62. The Morgan fingerprint density at radius 3 is 2.58 bits per heavy atom. The fourth-order valence-electron chi connectivity index (χ4n) is 1.72. The van der Waals surface area contributed by atoms with Gasteiger partial charge in [0.2, 0.25) is 0 Å². The fraction of sp³-hybridized carbons (Fsp3) is 0.0769. The first kappa shape index (κ1) is 12.8. The van der Waals surface area contributed by atoms with Crippen LogP contribution in [0.2, 0.25) is 0 Å². The Morgan fingerprint density at radius 2 is 1.95 bits per heavy atom. The van der Waals surface area contributed by atoms with Crippen molar-refractivity contribution in [3.63, 3.8) is 0 Å². The van der Waals surface area contributed by atoms with Gasteiger partial charge in [0.05, 0.1) is 6.54 Å². The number of hydrogen-bond donors (Lipinski definition) is 2. The quantitative estimate of drug-likeness (QED) is 0.878. The molecule has 0 bridgehead atoms. The van der Waals surface area contributed by atoms with Crippen LogP contribution in [0.1, 0.15) is 16.1 Å². The Kier molecular flexibility index (Phi) is 3.33. The van der Waals surface area contributed by atoms with Gasteiger partial charge in [0.25, 0.3) is 5.56 Å². The maximum absolute atomic E-state index is 13.5. The zero-order valence-corrected chi connectivity index (χ0v) is 9.71. The van der Waals surface area contributed by atoms with Crippen LogP contribution < -0.4 is 5.56 Å². The van der Waals surface area contributed by atoms with Crippen molar-refractivity contribution in [1.82, 2.24) is 4.57 Å². The predicted molar refractivity (Wildman–Crippen MR) is 64.8 cm³/mol. The molecule has 1 aromatic carbocycles. The van der Waals surface area contributed by atoms with Crippen LogP contribution >= 0.6 is 0 Å². The highest BCUT2D eigenvalue weighted by Gasteiger charge is 2.14. The van der Waals surface area contributed by atoms with E-state index in [0.29, 0.717) is 0 Å². The van der Waals surface area contributed by atoms with Crippen molar-refractivity contribution in [3.05, 3.63) is 63.8 Å². The van der Waals surface area contributed by atoms with E-state index in [4.69, 9.17) is 5.11 Å². The monoisotopic (exact) mass is 263 g/mol. The molecule has 0 saturated heterocycles. The van der Waals surface area contributed by atoms with Crippen LogP contribution in [0.15, 0.2) is 41.2 Å². The molecule has 0 atom stereocenters. The van der Waals surface area contributed by atoms with Gasteiger partial charge in [-0.3, -0.25) is 9.36 Å². The second-order valence-electron chi connectivity index (χ2n) is 3.92. The number of carboxylic acid groups (broad SMARTS) is 1. The highest BCUT2D eigenvalue weighted by Crippen LogP contribution is 2.12. The molecule has 0 fully saturated rings. The summed E-state index contributed by atoms with van der Waals surface area (Å²) in [6.07, 6.45) is 0. The summed E-state index contributed by atoms with van der Waals surface area (Å²) in [7, 11) is 0. The largest absolute Gasteiger partial charge is 0.508 e.